The molecular formula is C20H23ClFN4O7P. The van der Waals surface area contributed by atoms with Crippen LogP contribution >= 0.6 is 19.2 Å². The third kappa shape index (κ3) is 5.24. The standard InChI is InChI=1S/C20H23ClFN4O7P/c1-10(11-4-2-3-5-13(11)22)23-17-12-6-7-26(18(12)25-20(21)24-17)19-16(28)15(27)14(33-19)8-32-9-34(29,30)31/h2-7,10,14-16,19,27-28H,8-9H2,1H3,(H,23,24,25)(H2,29,30,31)/t10-,14-,15-,16-,19-/m1/s1. The number of aromatic nitrogens is 3. The van der Waals surface area contributed by atoms with Gasteiger partial charge in [-0.05, 0) is 30.7 Å². The zero-order chi connectivity index (χ0) is 24.6. The monoisotopic (exact) mass is 516 g/mol. The second kappa shape index (κ2) is 9.84. The Balaban J connectivity index is 1.58. The lowest BCUT2D eigenvalue weighted by molar-refractivity contribution is -0.0610. The average molecular weight is 517 g/mol. The van der Waals surface area contributed by atoms with Crippen molar-refractivity contribution in [2.75, 3.05) is 18.3 Å². The molecule has 0 amide bonds. The first kappa shape index (κ1) is 25.0. The predicted octanol–water partition coefficient (Wildman–Crippen LogP) is 2.17. The molecule has 2 aromatic heterocycles. The van der Waals surface area contributed by atoms with E-state index in [9.17, 15) is 19.2 Å². The molecule has 0 unspecified atom stereocenters. The van der Waals surface area contributed by atoms with E-state index < -0.39 is 44.5 Å². The van der Waals surface area contributed by atoms with Gasteiger partial charge in [-0.1, -0.05) is 18.2 Å². The lowest BCUT2D eigenvalue weighted by Crippen LogP contribution is -2.33. The minimum atomic E-state index is -4.39. The molecule has 11 nitrogen and oxygen atoms in total. The van der Waals surface area contributed by atoms with Crippen molar-refractivity contribution >= 4 is 36.0 Å². The van der Waals surface area contributed by atoms with Crippen molar-refractivity contribution in [3.05, 3.63) is 53.2 Å². The lowest BCUT2D eigenvalue weighted by atomic mass is 10.1. The molecule has 3 aromatic rings. The summed E-state index contributed by atoms with van der Waals surface area (Å²) in [6, 6.07) is 7.52. The van der Waals surface area contributed by atoms with Gasteiger partial charge in [0.1, 0.15) is 41.9 Å². The third-order valence-electron chi connectivity index (χ3n) is 5.42. The average Bonchev–Trinajstić information content (AvgIpc) is 3.29. The molecule has 0 bridgehead atoms. The first-order chi connectivity index (χ1) is 16.0. The van der Waals surface area contributed by atoms with Crippen molar-refractivity contribution in [3.8, 4) is 0 Å². The van der Waals surface area contributed by atoms with Gasteiger partial charge in [-0.25, -0.2) is 9.37 Å². The summed E-state index contributed by atoms with van der Waals surface area (Å²) in [7, 11) is -4.39. The van der Waals surface area contributed by atoms with Crippen molar-refractivity contribution in [1.29, 1.82) is 0 Å². The number of aliphatic hydroxyl groups excluding tert-OH is 2. The molecule has 4 rings (SSSR count). The molecule has 0 saturated carbocycles. The Morgan fingerprint density at radius 1 is 1.26 bits per heavy atom. The summed E-state index contributed by atoms with van der Waals surface area (Å²) in [5, 5.41) is 24.4. The van der Waals surface area contributed by atoms with E-state index >= 15 is 0 Å². The van der Waals surface area contributed by atoms with E-state index in [2.05, 4.69) is 15.3 Å². The SMILES string of the molecule is C[C@@H](Nc1nc(Cl)nc2c1ccn2[C@@H]1O[C@H](COCP(=O)(O)O)[C@@H](O)[C@H]1O)c1ccccc1F. The first-order valence-corrected chi connectivity index (χ1v) is 12.4. The predicted molar refractivity (Wildman–Crippen MR) is 120 cm³/mol. The number of ether oxygens (including phenoxy) is 2. The number of nitrogens with zero attached hydrogens (tertiary/aromatic N) is 3. The molecule has 34 heavy (non-hydrogen) atoms. The van der Waals surface area contributed by atoms with E-state index in [0.29, 0.717) is 16.8 Å². The zero-order valence-corrected chi connectivity index (χ0v) is 19.5. The summed E-state index contributed by atoms with van der Waals surface area (Å²) in [6.45, 7) is 1.42. The Labute approximate surface area is 198 Å². The maximum absolute atomic E-state index is 14.2. The van der Waals surface area contributed by atoms with Crippen molar-refractivity contribution in [3.63, 3.8) is 0 Å². The fraction of sp³-hybridized carbons (Fsp3) is 0.400. The molecule has 0 spiro atoms. The number of fused-ring (bicyclic) bond motifs is 1. The Morgan fingerprint density at radius 2 is 2.00 bits per heavy atom. The lowest BCUT2D eigenvalue weighted by Gasteiger charge is -2.19. The smallest absolute Gasteiger partial charge is 0.350 e. The zero-order valence-electron chi connectivity index (χ0n) is 17.8. The maximum atomic E-state index is 14.2. The molecule has 14 heteroatoms. The van der Waals surface area contributed by atoms with E-state index in [0.717, 1.165) is 0 Å². The fourth-order valence-corrected chi connectivity index (χ4v) is 4.32. The number of anilines is 1. The van der Waals surface area contributed by atoms with Crippen LogP contribution in [-0.4, -0.2) is 65.8 Å². The molecule has 1 aliphatic heterocycles. The van der Waals surface area contributed by atoms with Gasteiger partial charge >= 0.3 is 7.60 Å². The molecule has 0 radical (unpaired) electrons. The van der Waals surface area contributed by atoms with Crippen LogP contribution in [0.1, 0.15) is 24.8 Å². The molecule has 1 saturated heterocycles. The minimum Gasteiger partial charge on any atom is -0.387 e. The van der Waals surface area contributed by atoms with Crippen molar-refractivity contribution in [2.45, 2.75) is 37.5 Å². The first-order valence-electron chi connectivity index (χ1n) is 10.2. The minimum absolute atomic E-state index is 0.106. The van der Waals surface area contributed by atoms with E-state index in [1.807, 2.05) is 0 Å². The van der Waals surface area contributed by atoms with Crippen molar-refractivity contribution in [2.24, 2.45) is 0 Å². The largest absolute Gasteiger partial charge is 0.387 e. The van der Waals surface area contributed by atoms with Crippen LogP contribution < -0.4 is 5.32 Å². The molecule has 5 atom stereocenters. The van der Waals surface area contributed by atoms with Crippen LogP contribution in [0.5, 0.6) is 0 Å². The number of rotatable bonds is 8. The Hall–Kier alpha value is -2.15. The van der Waals surface area contributed by atoms with Gasteiger partial charge in [0.05, 0.1) is 18.0 Å². The summed E-state index contributed by atoms with van der Waals surface area (Å²) in [5.74, 6) is -0.0426. The molecule has 1 aromatic carbocycles. The van der Waals surface area contributed by atoms with Crippen LogP contribution in [0.3, 0.4) is 0 Å². The molecule has 1 aliphatic rings. The molecular weight excluding hydrogens is 494 g/mol. The van der Waals surface area contributed by atoms with Gasteiger partial charge < -0.3 is 39.4 Å². The molecule has 1 fully saturated rings. The summed E-state index contributed by atoms with van der Waals surface area (Å²) >= 11 is 6.13. The topological polar surface area (TPSA) is 159 Å². The van der Waals surface area contributed by atoms with E-state index in [1.54, 1.807) is 37.4 Å². The van der Waals surface area contributed by atoms with Crippen LogP contribution in [0.15, 0.2) is 36.5 Å². The van der Waals surface area contributed by atoms with Gasteiger partial charge in [-0.2, -0.15) is 4.98 Å². The van der Waals surface area contributed by atoms with Gasteiger partial charge in [0.25, 0.3) is 0 Å². The van der Waals surface area contributed by atoms with E-state index in [1.165, 1.54) is 10.6 Å². The summed E-state index contributed by atoms with van der Waals surface area (Å²) < 4.78 is 37.2. The quantitative estimate of drug-likeness (QED) is 0.222. The van der Waals surface area contributed by atoms with Crippen molar-refractivity contribution in [1.82, 2.24) is 14.5 Å². The Kier molecular flexibility index (Phi) is 7.22. The maximum Gasteiger partial charge on any atom is 0.350 e. The summed E-state index contributed by atoms with van der Waals surface area (Å²) in [4.78, 5) is 26.2. The van der Waals surface area contributed by atoms with Crippen LogP contribution in [0.4, 0.5) is 10.2 Å². The Bertz CT molecular complexity index is 1220. The molecule has 5 N–H and O–H groups in total. The number of hydrogen-bond donors (Lipinski definition) is 5. The second-order valence-corrected chi connectivity index (χ2v) is 9.83. The second-order valence-electron chi connectivity index (χ2n) is 7.90. The highest BCUT2D eigenvalue weighted by molar-refractivity contribution is 7.51. The van der Waals surface area contributed by atoms with Gasteiger partial charge in [-0.3, -0.25) is 4.57 Å². The van der Waals surface area contributed by atoms with Crippen LogP contribution in [0.25, 0.3) is 11.0 Å². The van der Waals surface area contributed by atoms with Crippen LogP contribution in [0.2, 0.25) is 5.28 Å². The van der Waals surface area contributed by atoms with Crippen LogP contribution in [-0.2, 0) is 14.0 Å². The molecule has 0 aliphatic carbocycles. The van der Waals surface area contributed by atoms with E-state index in [4.69, 9.17) is 30.9 Å². The van der Waals surface area contributed by atoms with Gasteiger partial charge in [-0.15, -0.1) is 0 Å². The highest BCUT2D eigenvalue weighted by Gasteiger charge is 2.44. The molecule has 3 heterocycles. The third-order valence-corrected chi connectivity index (χ3v) is 6.11. The summed E-state index contributed by atoms with van der Waals surface area (Å²) in [6.07, 6.45) is -4.17. The van der Waals surface area contributed by atoms with Crippen molar-refractivity contribution < 1.29 is 38.4 Å². The summed E-state index contributed by atoms with van der Waals surface area (Å²) in [5.41, 5.74) is 0.719. The van der Waals surface area contributed by atoms with Gasteiger partial charge in [0.15, 0.2) is 6.23 Å². The molecule has 184 valence electrons. The number of nitrogens with one attached hydrogen (secondary N) is 1. The van der Waals surface area contributed by atoms with Gasteiger partial charge in [0.2, 0.25) is 5.28 Å². The highest BCUT2D eigenvalue weighted by atomic mass is 35.5. The highest BCUT2D eigenvalue weighted by Crippen LogP contribution is 2.37. The van der Waals surface area contributed by atoms with E-state index in [-0.39, 0.29) is 23.4 Å². The number of halogens is 2. The normalized spacial score (nSPS) is 24.0. The number of aliphatic hydroxyl groups is 2. The van der Waals surface area contributed by atoms with Gasteiger partial charge in [0, 0.05) is 11.8 Å². The number of hydrogen-bond acceptors (Lipinski definition) is 8. The Morgan fingerprint density at radius 3 is 2.71 bits per heavy atom. The fourth-order valence-electron chi connectivity index (χ4n) is 3.82. The number of benzene rings is 1. The van der Waals surface area contributed by atoms with Crippen LogP contribution in [0, 0.1) is 5.82 Å².